The maximum absolute atomic E-state index is 12.3. The number of hydrogen-bond acceptors (Lipinski definition) is 3. The van der Waals surface area contributed by atoms with Gasteiger partial charge in [0.1, 0.15) is 5.78 Å². The van der Waals surface area contributed by atoms with Crippen LogP contribution in [0.4, 0.5) is 0 Å². The molecule has 0 aliphatic heterocycles. The summed E-state index contributed by atoms with van der Waals surface area (Å²) < 4.78 is 0. The van der Waals surface area contributed by atoms with Crippen LogP contribution in [0.1, 0.15) is 50.4 Å². The molecule has 1 aromatic rings. The lowest BCUT2D eigenvalue weighted by molar-refractivity contribution is -0.129. The number of nitrogens with one attached hydrogen (secondary N) is 1. The molecule has 1 saturated carbocycles. The van der Waals surface area contributed by atoms with Crippen molar-refractivity contribution in [2.24, 2.45) is 11.8 Å². The first kappa shape index (κ1) is 14.3. The zero-order valence-corrected chi connectivity index (χ0v) is 12.3. The van der Waals surface area contributed by atoms with Crippen LogP contribution in [0, 0.1) is 11.8 Å². The summed E-state index contributed by atoms with van der Waals surface area (Å²) in [7, 11) is 0. The standard InChI is InChI=1S/C15H21NO2S/c1-10(2)14(13-4-3-9-19-13)16-15(18)11-5-7-12(17)8-6-11/h3-4,9-11,14H,5-8H2,1-2H3,(H,16,18)/t14-/m0/s1. The van der Waals surface area contributed by atoms with E-state index in [0.29, 0.717) is 37.4 Å². The number of rotatable bonds is 4. The molecular formula is C15H21NO2S. The van der Waals surface area contributed by atoms with Crippen molar-refractivity contribution in [3.63, 3.8) is 0 Å². The van der Waals surface area contributed by atoms with Crippen molar-refractivity contribution < 1.29 is 9.59 Å². The summed E-state index contributed by atoms with van der Waals surface area (Å²) >= 11 is 1.68. The Hall–Kier alpha value is -1.16. The molecule has 0 radical (unpaired) electrons. The van der Waals surface area contributed by atoms with Crippen LogP contribution in [0.2, 0.25) is 0 Å². The highest BCUT2D eigenvalue weighted by atomic mass is 32.1. The Morgan fingerprint density at radius 2 is 2.05 bits per heavy atom. The molecule has 0 aromatic carbocycles. The molecule has 1 fully saturated rings. The van der Waals surface area contributed by atoms with Gasteiger partial charge in [0.05, 0.1) is 6.04 Å². The number of carbonyl (C=O) groups excluding carboxylic acids is 2. The Morgan fingerprint density at radius 3 is 2.58 bits per heavy atom. The third-order valence-electron chi connectivity index (χ3n) is 3.73. The predicted octanol–water partition coefficient (Wildman–Crippen LogP) is 3.32. The van der Waals surface area contributed by atoms with Gasteiger partial charge in [-0.1, -0.05) is 19.9 Å². The third-order valence-corrected chi connectivity index (χ3v) is 4.68. The summed E-state index contributed by atoms with van der Waals surface area (Å²) in [6.07, 6.45) is 2.53. The molecule has 0 saturated heterocycles. The van der Waals surface area contributed by atoms with Gasteiger partial charge in [-0.25, -0.2) is 0 Å². The molecule has 19 heavy (non-hydrogen) atoms. The van der Waals surface area contributed by atoms with Gasteiger partial charge in [-0.2, -0.15) is 0 Å². The van der Waals surface area contributed by atoms with Crippen LogP contribution < -0.4 is 5.32 Å². The average molecular weight is 279 g/mol. The van der Waals surface area contributed by atoms with Gasteiger partial charge in [0.15, 0.2) is 0 Å². The first-order valence-corrected chi connectivity index (χ1v) is 7.81. The molecular weight excluding hydrogens is 258 g/mol. The van der Waals surface area contributed by atoms with Gasteiger partial charge in [-0.15, -0.1) is 11.3 Å². The van der Waals surface area contributed by atoms with E-state index in [1.165, 1.54) is 4.88 Å². The van der Waals surface area contributed by atoms with Gasteiger partial charge in [-0.3, -0.25) is 9.59 Å². The topological polar surface area (TPSA) is 46.2 Å². The quantitative estimate of drug-likeness (QED) is 0.919. The summed E-state index contributed by atoms with van der Waals surface area (Å²) in [4.78, 5) is 24.7. The van der Waals surface area contributed by atoms with Crippen molar-refractivity contribution in [1.29, 1.82) is 0 Å². The Kier molecular flexibility index (Phi) is 4.75. The second-order valence-corrected chi connectivity index (χ2v) is 6.54. The van der Waals surface area contributed by atoms with Gasteiger partial charge in [-0.05, 0) is 30.2 Å². The van der Waals surface area contributed by atoms with Crippen LogP contribution in [-0.2, 0) is 9.59 Å². The van der Waals surface area contributed by atoms with E-state index in [0.717, 1.165) is 0 Å². The van der Waals surface area contributed by atoms with Crippen LogP contribution in [-0.4, -0.2) is 11.7 Å². The molecule has 1 aliphatic rings. The van der Waals surface area contributed by atoms with E-state index >= 15 is 0 Å². The fourth-order valence-electron chi connectivity index (χ4n) is 2.51. The molecule has 1 N–H and O–H groups in total. The van der Waals surface area contributed by atoms with Crippen LogP contribution in [0.15, 0.2) is 17.5 Å². The van der Waals surface area contributed by atoms with Crippen LogP contribution in [0.5, 0.6) is 0 Å². The van der Waals surface area contributed by atoms with E-state index in [1.807, 2.05) is 11.4 Å². The smallest absolute Gasteiger partial charge is 0.223 e. The molecule has 2 rings (SSSR count). The van der Waals surface area contributed by atoms with Crippen molar-refractivity contribution in [1.82, 2.24) is 5.32 Å². The Labute approximate surface area is 118 Å². The van der Waals surface area contributed by atoms with Crippen LogP contribution >= 0.6 is 11.3 Å². The summed E-state index contributed by atoms with van der Waals surface area (Å²) in [5, 5.41) is 5.20. The lowest BCUT2D eigenvalue weighted by Gasteiger charge is -2.26. The number of ketones is 1. The predicted molar refractivity (Wildman–Crippen MR) is 77.0 cm³/mol. The fraction of sp³-hybridized carbons (Fsp3) is 0.600. The van der Waals surface area contributed by atoms with E-state index in [2.05, 4.69) is 25.2 Å². The number of hydrogen-bond donors (Lipinski definition) is 1. The van der Waals surface area contributed by atoms with E-state index in [-0.39, 0.29) is 17.9 Å². The Morgan fingerprint density at radius 1 is 1.37 bits per heavy atom. The highest BCUT2D eigenvalue weighted by Crippen LogP contribution is 2.28. The molecule has 4 heteroatoms. The zero-order chi connectivity index (χ0) is 13.8. The molecule has 3 nitrogen and oxygen atoms in total. The molecule has 1 amide bonds. The Balaban J connectivity index is 1.98. The highest BCUT2D eigenvalue weighted by Gasteiger charge is 2.27. The lowest BCUT2D eigenvalue weighted by atomic mass is 9.87. The van der Waals surface area contributed by atoms with E-state index in [1.54, 1.807) is 11.3 Å². The first-order valence-electron chi connectivity index (χ1n) is 6.93. The minimum Gasteiger partial charge on any atom is -0.348 e. The third kappa shape index (κ3) is 3.66. The van der Waals surface area contributed by atoms with E-state index in [9.17, 15) is 9.59 Å². The fourth-order valence-corrected chi connectivity index (χ4v) is 3.46. The van der Waals surface area contributed by atoms with Crippen molar-refractivity contribution >= 4 is 23.0 Å². The van der Waals surface area contributed by atoms with Gasteiger partial charge in [0, 0.05) is 23.6 Å². The molecule has 0 bridgehead atoms. The normalized spacial score (nSPS) is 18.6. The second kappa shape index (κ2) is 6.33. The van der Waals surface area contributed by atoms with Crippen molar-refractivity contribution in [3.8, 4) is 0 Å². The molecule has 1 atom stereocenters. The van der Waals surface area contributed by atoms with Gasteiger partial charge in [0.25, 0.3) is 0 Å². The Bertz CT molecular complexity index is 429. The largest absolute Gasteiger partial charge is 0.348 e. The molecule has 1 aliphatic carbocycles. The number of Topliss-reactive ketones (excluding diaryl/α,β-unsaturated/α-hetero) is 1. The molecule has 104 valence electrons. The van der Waals surface area contributed by atoms with Gasteiger partial charge < -0.3 is 5.32 Å². The molecule has 0 spiro atoms. The number of amides is 1. The van der Waals surface area contributed by atoms with Crippen LogP contribution in [0.25, 0.3) is 0 Å². The summed E-state index contributed by atoms with van der Waals surface area (Å²) in [6.45, 7) is 4.24. The monoisotopic (exact) mass is 279 g/mol. The first-order chi connectivity index (χ1) is 9.08. The van der Waals surface area contributed by atoms with Gasteiger partial charge >= 0.3 is 0 Å². The highest BCUT2D eigenvalue weighted by molar-refractivity contribution is 7.10. The average Bonchev–Trinajstić information content (AvgIpc) is 2.89. The minimum absolute atomic E-state index is 0.0129. The molecule has 1 heterocycles. The maximum Gasteiger partial charge on any atom is 0.223 e. The van der Waals surface area contributed by atoms with Crippen molar-refractivity contribution in [2.45, 2.75) is 45.6 Å². The summed E-state index contributed by atoms with van der Waals surface area (Å²) in [6, 6.07) is 4.17. The van der Waals surface area contributed by atoms with E-state index in [4.69, 9.17) is 0 Å². The summed E-state index contributed by atoms with van der Waals surface area (Å²) in [5.41, 5.74) is 0. The lowest BCUT2D eigenvalue weighted by Crippen LogP contribution is -2.37. The maximum atomic E-state index is 12.3. The second-order valence-electron chi connectivity index (χ2n) is 5.56. The van der Waals surface area contributed by atoms with Crippen molar-refractivity contribution in [3.05, 3.63) is 22.4 Å². The molecule has 1 aromatic heterocycles. The number of thiophene rings is 1. The van der Waals surface area contributed by atoms with E-state index < -0.39 is 0 Å². The van der Waals surface area contributed by atoms with Crippen LogP contribution in [0.3, 0.4) is 0 Å². The SMILES string of the molecule is CC(C)[C@H](NC(=O)C1CCC(=O)CC1)c1cccs1. The number of carbonyl (C=O) groups is 2. The molecule has 0 unspecified atom stereocenters. The zero-order valence-electron chi connectivity index (χ0n) is 11.5. The summed E-state index contributed by atoms with van der Waals surface area (Å²) in [5.74, 6) is 0.786. The minimum atomic E-state index is 0.0129. The van der Waals surface area contributed by atoms with Crippen molar-refractivity contribution in [2.75, 3.05) is 0 Å². The van der Waals surface area contributed by atoms with Gasteiger partial charge in [0.2, 0.25) is 5.91 Å².